The number of nitriles is 1. The molecule has 5 nitrogen and oxygen atoms in total. The van der Waals surface area contributed by atoms with Crippen molar-refractivity contribution in [1.29, 1.82) is 5.26 Å². The van der Waals surface area contributed by atoms with Crippen LogP contribution in [0.1, 0.15) is 5.56 Å². The molecule has 0 heterocycles. The maximum absolute atomic E-state index is 12.3. The van der Waals surface area contributed by atoms with Gasteiger partial charge in [-0.2, -0.15) is 5.26 Å². The van der Waals surface area contributed by atoms with Gasteiger partial charge in [-0.1, -0.05) is 17.7 Å². The van der Waals surface area contributed by atoms with Crippen LogP contribution in [0.5, 0.6) is 5.75 Å². The number of benzene rings is 2. The van der Waals surface area contributed by atoms with Crippen LogP contribution in [0, 0.1) is 18.3 Å². The van der Waals surface area contributed by atoms with Gasteiger partial charge in [0.25, 0.3) is 5.91 Å². The zero-order chi connectivity index (χ0) is 17.7. The van der Waals surface area contributed by atoms with E-state index < -0.39 is 5.91 Å². The van der Waals surface area contributed by atoms with Gasteiger partial charge in [0.15, 0.2) is 0 Å². The summed E-state index contributed by atoms with van der Waals surface area (Å²) in [6, 6.07) is 13.5. The van der Waals surface area contributed by atoms with Crippen LogP contribution in [0.4, 0.5) is 11.4 Å². The number of halogens is 1. The second-order valence-electron chi connectivity index (χ2n) is 5.15. The van der Waals surface area contributed by atoms with Crippen LogP contribution in [0.2, 0.25) is 5.02 Å². The van der Waals surface area contributed by atoms with E-state index in [0.29, 0.717) is 10.7 Å². The Morgan fingerprint density at radius 3 is 2.58 bits per heavy atom. The van der Waals surface area contributed by atoms with E-state index >= 15 is 0 Å². The first kappa shape index (κ1) is 17.4. The Bertz CT molecular complexity index is 823. The molecule has 6 heteroatoms. The summed E-state index contributed by atoms with van der Waals surface area (Å²) in [6.07, 6.45) is 1.43. The number of nitrogens with zero attached hydrogens (tertiary/aromatic N) is 2. The minimum Gasteiger partial charge on any atom is -0.508 e. The van der Waals surface area contributed by atoms with Gasteiger partial charge in [-0.15, -0.1) is 0 Å². The first-order chi connectivity index (χ1) is 11.4. The molecule has 2 aromatic rings. The predicted octanol–water partition coefficient (Wildman–Crippen LogP) is 3.84. The number of aromatic hydroxyl groups is 1. The minimum absolute atomic E-state index is 0.0510. The fourth-order valence-corrected chi connectivity index (χ4v) is 2.20. The molecule has 0 aromatic heterocycles. The number of carbonyl (C=O) groups excluding carboxylic acids is 1. The molecule has 0 fully saturated rings. The molecule has 2 rings (SSSR count). The number of anilines is 2. The summed E-state index contributed by atoms with van der Waals surface area (Å²) in [5.74, 6) is -0.376. The van der Waals surface area contributed by atoms with Crippen molar-refractivity contribution in [3.63, 3.8) is 0 Å². The van der Waals surface area contributed by atoms with E-state index in [1.807, 2.05) is 6.07 Å². The Kier molecular flexibility index (Phi) is 5.46. The fourth-order valence-electron chi connectivity index (χ4n) is 2.03. The normalized spacial score (nSPS) is 10.8. The van der Waals surface area contributed by atoms with Crippen molar-refractivity contribution in [1.82, 2.24) is 0 Å². The maximum atomic E-state index is 12.3. The standard InChI is InChI=1S/C18H16ClN3O2/c1-12-16(19)4-3-5-17(12)21-18(24)13(10-20)11-22(2)14-6-8-15(23)9-7-14/h3-9,11,23H,1-2H3,(H,21,24)/b13-11-. The highest BCUT2D eigenvalue weighted by atomic mass is 35.5. The van der Waals surface area contributed by atoms with Crippen molar-refractivity contribution in [2.45, 2.75) is 6.92 Å². The van der Waals surface area contributed by atoms with Gasteiger partial charge in [-0.05, 0) is 48.9 Å². The summed E-state index contributed by atoms with van der Waals surface area (Å²) >= 11 is 6.03. The molecule has 0 unspecified atom stereocenters. The number of hydrogen-bond donors (Lipinski definition) is 2. The van der Waals surface area contributed by atoms with Crippen molar-refractivity contribution in [2.24, 2.45) is 0 Å². The van der Waals surface area contributed by atoms with E-state index in [0.717, 1.165) is 11.3 Å². The second kappa shape index (κ2) is 7.53. The summed E-state index contributed by atoms with van der Waals surface area (Å²) in [4.78, 5) is 13.9. The summed E-state index contributed by atoms with van der Waals surface area (Å²) in [5, 5.41) is 21.8. The van der Waals surface area contributed by atoms with Gasteiger partial charge in [0, 0.05) is 29.6 Å². The molecule has 1 amide bonds. The molecule has 0 radical (unpaired) electrons. The third-order valence-corrected chi connectivity index (χ3v) is 3.87. The number of carbonyl (C=O) groups is 1. The van der Waals surface area contributed by atoms with Crippen molar-refractivity contribution in [3.05, 3.63) is 64.8 Å². The fraction of sp³-hybridized carbons (Fsp3) is 0.111. The Hall–Kier alpha value is -2.97. The molecule has 0 atom stereocenters. The number of rotatable bonds is 4. The summed E-state index contributed by atoms with van der Waals surface area (Å²) in [5.41, 5.74) is 1.97. The van der Waals surface area contributed by atoms with E-state index in [1.165, 1.54) is 18.3 Å². The molecule has 2 N–H and O–H groups in total. The SMILES string of the molecule is Cc1c(Cl)cccc1NC(=O)/C(C#N)=C\N(C)c1ccc(O)cc1. The van der Waals surface area contributed by atoms with E-state index in [1.54, 1.807) is 49.2 Å². The average molecular weight is 342 g/mol. The van der Waals surface area contributed by atoms with Crippen LogP contribution in [0.3, 0.4) is 0 Å². The molecule has 0 aliphatic carbocycles. The van der Waals surface area contributed by atoms with Crippen molar-refractivity contribution < 1.29 is 9.90 Å². The van der Waals surface area contributed by atoms with Gasteiger partial charge in [-0.3, -0.25) is 4.79 Å². The van der Waals surface area contributed by atoms with Gasteiger partial charge in [0.05, 0.1) is 0 Å². The zero-order valence-corrected chi connectivity index (χ0v) is 14.0. The van der Waals surface area contributed by atoms with Crippen LogP contribution in [-0.4, -0.2) is 18.1 Å². The molecule has 0 aliphatic heterocycles. The van der Waals surface area contributed by atoms with Crippen LogP contribution in [-0.2, 0) is 4.79 Å². The summed E-state index contributed by atoms with van der Waals surface area (Å²) in [7, 11) is 1.71. The number of phenols is 1. The second-order valence-corrected chi connectivity index (χ2v) is 5.56. The monoisotopic (exact) mass is 341 g/mol. The minimum atomic E-state index is -0.520. The lowest BCUT2D eigenvalue weighted by molar-refractivity contribution is -0.112. The molecule has 0 spiro atoms. The number of amides is 1. The first-order valence-corrected chi connectivity index (χ1v) is 7.50. The van der Waals surface area contributed by atoms with Crippen LogP contribution < -0.4 is 10.2 Å². The van der Waals surface area contributed by atoms with Crippen LogP contribution in [0.25, 0.3) is 0 Å². The molecular formula is C18H16ClN3O2. The van der Waals surface area contributed by atoms with Crippen molar-refractivity contribution in [2.75, 3.05) is 17.3 Å². The maximum Gasteiger partial charge on any atom is 0.267 e. The molecule has 0 saturated carbocycles. The molecule has 0 bridgehead atoms. The lowest BCUT2D eigenvalue weighted by Crippen LogP contribution is -2.18. The third-order valence-electron chi connectivity index (χ3n) is 3.46. The highest BCUT2D eigenvalue weighted by molar-refractivity contribution is 6.31. The van der Waals surface area contributed by atoms with Crippen molar-refractivity contribution >= 4 is 28.9 Å². The highest BCUT2D eigenvalue weighted by Crippen LogP contribution is 2.23. The van der Waals surface area contributed by atoms with Gasteiger partial charge in [0.1, 0.15) is 17.4 Å². The zero-order valence-electron chi connectivity index (χ0n) is 13.2. The van der Waals surface area contributed by atoms with Crippen LogP contribution >= 0.6 is 11.6 Å². The topological polar surface area (TPSA) is 76.4 Å². The molecule has 24 heavy (non-hydrogen) atoms. The Labute approximate surface area is 145 Å². The van der Waals surface area contributed by atoms with Gasteiger partial charge < -0.3 is 15.3 Å². The molecule has 2 aromatic carbocycles. The number of hydrogen-bond acceptors (Lipinski definition) is 4. The van der Waals surface area contributed by atoms with Gasteiger partial charge in [-0.25, -0.2) is 0 Å². The quantitative estimate of drug-likeness (QED) is 0.654. The van der Waals surface area contributed by atoms with E-state index in [2.05, 4.69) is 5.32 Å². The first-order valence-electron chi connectivity index (χ1n) is 7.12. The largest absolute Gasteiger partial charge is 0.508 e. The third kappa shape index (κ3) is 4.06. The summed E-state index contributed by atoms with van der Waals surface area (Å²) in [6.45, 7) is 1.79. The molecule has 0 aliphatic rings. The molecule has 0 saturated heterocycles. The Morgan fingerprint density at radius 1 is 1.29 bits per heavy atom. The number of nitrogens with one attached hydrogen (secondary N) is 1. The van der Waals surface area contributed by atoms with E-state index in [-0.39, 0.29) is 11.3 Å². The predicted molar refractivity (Wildman–Crippen MR) is 95.0 cm³/mol. The van der Waals surface area contributed by atoms with E-state index in [9.17, 15) is 15.2 Å². The Balaban J connectivity index is 2.20. The van der Waals surface area contributed by atoms with Crippen LogP contribution in [0.15, 0.2) is 54.2 Å². The summed E-state index contributed by atoms with van der Waals surface area (Å²) < 4.78 is 0. The lowest BCUT2D eigenvalue weighted by Gasteiger charge is -2.15. The molecular weight excluding hydrogens is 326 g/mol. The molecule has 122 valence electrons. The average Bonchev–Trinajstić information content (AvgIpc) is 2.57. The smallest absolute Gasteiger partial charge is 0.267 e. The van der Waals surface area contributed by atoms with Gasteiger partial charge in [0.2, 0.25) is 0 Å². The van der Waals surface area contributed by atoms with Gasteiger partial charge >= 0.3 is 0 Å². The Morgan fingerprint density at radius 2 is 1.96 bits per heavy atom. The lowest BCUT2D eigenvalue weighted by atomic mass is 10.2. The highest BCUT2D eigenvalue weighted by Gasteiger charge is 2.13. The van der Waals surface area contributed by atoms with E-state index in [4.69, 9.17) is 11.6 Å². The van der Waals surface area contributed by atoms with Crippen molar-refractivity contribution in [3.8, 4) is 11.8 Å². The number of phenolic OH excluding ortho intramolecular Hbond substituents is 1.